The molecule has 2 aromatic carbocycles. The van der Waals surface area contributed by atoms with Crippen molar-refractivity contribution in [1.29, 1.82) is 0 Å². The Hall–Kier alpha value is -1.64. The fourth-order valence-electron chi connectivity index (χ4n) is 2.68. The Morgan fingerprint density at radius 1 is 0.964 bits per heavy atom. The van der Waals surface area contributed by atoms with Crippen molar-refractivity contribution >= 4 is 49.1 Å². The SMILES string of the molecule is CP(C)(=O)C(N)P(C)(C)=O.O=C1Nc2ccccc2/C1=C/c1ccc(Cl)cc1. The molecule has 0 bridgehead atoms. The van der Waals surface area contributed by atoms with E-state index in [9.17, 15) is 13.9 Å². The van der Waals surface area contributed by atoms with Gasteiger partial charge in [0.1, 0.15) is 19.8 Å². The standard InChI is InChI=1S/C15H10ClNO.C5H15NO2P2/c16-11-7-5-10(6-8-11)9-13-12-3-1-2-4-14(12)17-15(13)18;1-9(2,7)5(6)10(3,4)8/h1-9H,(H,17,18);5H,6H2,1-4H3/b13-9-;. The van der Waals surface area contributed by atoms with Gasteiger partial charge in [0.15, 0.2) is 0 Å². The molecule has 1 aliphatic heterocycles. The van der Waals surface area contributed by atoms with Crippen LogP contribution in [-0.2, 0) is 13.9 Å². The summed E-state index contributed by atoms with van der Waals surface area (Å²) in [6, 6.07) is 15.1. The number of carbonyl (C=O) groups excluding carboxylic acids is 1. The minimum atomic E-state index is -2.36. The van der Waals surface area contributed by atoms with Gasteiger partial charge in [-0.3, -0.25) is 4.79 Å². The molecule has 8 heteroatoms. The molecule has 0 unspecified atom stereocenters. The number of para-hydroxylation sites is 1. The van der Waals surface area contributed by atoms with Crippen LogP contribution in [0.5, 0.6) is 0 Å². The number of rotatable bonds is 3. The molecule has 0 radical (unpaired) electrons. The van der Waals surface area contributed by atoms with Crippen LogP contribution < -0.4 is 11.1 Å². The van der Waals surface area contributed by atoms with Crippen LogP contribution in [0.25, 0.3) is 11.6 Å². The van der Waals surface area contributed by atoms with Crippen molar-refractivity contribution in [2.45, 2.75) is 5.52 Å². The second-order valence-corrected chi connectivity index (χ2v) is 15.1. The number of amides is 1. The van der Waals surface area contributed by atoms with Crippen LogP contribution in [-0.4, -0.2) is 38.1 Å². The van der Waals surface area contributed by atoms with Gasteiger partial charge in [0, 0.05) is 21.8 Å². The number of anilines is 1. The van der Waals surface area contributed by atoms with Crippen molar-refractivity contribution < 1.29 is 13.9 Å². The largest absolute Gasteiger partial charge is 0.322 e. The van der Waals surface area contributed by atoms with Crippen LogP contribution in [0.3, 0.4) is 0 Å². The predicted octanol–water partition coefficient (Wildman–Crippen LogP) is 5.31. The van der Waals surface area contributed by atoms with Crippen LogP contribution in [0.2, 0.25) is 5.02 Å². The molecule has 1 amide bonds. The molecular formula is C20H25ClN2O3P2. The summed E-state index contributed by atoms with van der Waals surface area (Å²) >= 11 is 5.84. The summed E-state index contributed by atoms with van der Waals surface area (Å²) in [7, 11) is -4.73. The van der Waals surface area contributed by atoms with Gasteiger partial charge in [-0.15, -0.1) is 0 Å². The number of benzene rings is 2. The van der Waals surface area contributed by atoms with Crippen molar-refractivity contribution in [1.82, 2.24) is 0 Å². The number of halogens is 1. The molecule has 0 saturated heterocycles. The Morgan fingerprint density at radius 2 is 1.50 bits per heavy atom. The number of carbonyl (C=O) groups is 1. The number of hydrogen-bond acceptors (Lipinski definition) is 4. The van der Waals surface area contributed by atoms with Crippen molar-refractivity contribution in [3.63, 3.8) is 0 Å². The summed E-state index contributed by atoms with van der Waals surface area (Å²) in [5, 5.41) is 3.53. The lowest BCUT2D eigenvalue weighted by Gasteiger charge is -2.20. The summed E-state index contributed by atoms with van der Waals surface area (Å²) in [6.07, 6.45) is 1.87. The monoisotopic (exact) mass is 438 g/mol. The molecule has 0 atom stereocenters. The van der Waals surface area contributed by atoms with E-state index in [0.29, 0.717) is 10.6 Å². The molecule has 3 N–H and O–H groups in total. The van der Waals surface area contributed by atoms with E-state index in [4.69, 9.17) is 17.3 Å². The predicted molar refractivity (Wildman–Crippen MR) is 121 cm³/mol. The van der Waals surface area contributed by atoms with E-state index in [1.165, 1.54) is 0 Å². The van der Waals surface area contributed by atoms with Gasteiger partial charge in [0.2, 0.25) is 0 Å². The molecule has 0 aliphatic carbocycles. The molecule has 5 nitrogen and oxygen atoms in total. The van der Waals surface area contributed by atoms with Crippen LogP contribution >= 0.6 is 25.9 Å². The lowest BCUT2D eigenvalue weighted by molar-refractivity contribution is -0.110. The summed E-state index contributed by atoms with van der Waals surface area (Å²) in [5.74, 6) is -0.0637. The second kappa shape index (κ2) is 8.80. The van der Waals surface area contributed by atoms with Gasteiger partial charge in [-0.25, -0.2) is 0 Å². The summed E-state index contributed by atoms with van der Waals surface area (Å²) in [5.41, 5.74) is 8.33. The lowest BCUT2D eigenvalue weighted by atomic mass is 10.0. The highest BCUT2D eigenvalue weighted by atomic mass is 35.5. The summed E-state index contributed by atoms with van der Waals surface area (Å²) < 4.78 is 22.5. The van der Waals surface area contributed by atoms with E-state index in [-0.39, 0.29) is 5.91 Å². The summed E-state index contributed by atoms with van der Waals surface area (Å²) in [4.78, 5) is 11.9. The lowest BCUT2D eigenvalue weighted by Crippen LogP contribution is -2.18. The van der Waals surface area contributed by atoms with Crippen molar-refractivity contribution in [2.75, 3.05) is 32.0 Å². The number of nitrogens with one attached hydrogen (secondary N) is 1. The average Bonchev–Trinajstić information content (AvgIpc) is 2.91. The van der Waals surface area contributed by atoms with E-state index < -0.39 is 19.8 Å². The first kappa shape index (κ1) is 22.6. The molecule has 28 heavy (non-hydrogen) atoms. The molecular weight excluding hydrogens is 414 g/mol. The first-order chi connectivity index (χ1) is 12.9. The Kier molecular flexibility index (Phi) is 7.12. The minimum absolute atomic E-state index is 0.0637. The molecule has 0 aromatic heterocycles. The van der Waals surface area contributed by atoms with Gasteiger partial charge in [0.05, 0.1) is 0 Å². The summed E-state index contributed by atoms with van der Waals surface area (Å²) in [6.45, 7) is 6.27. The van der Waals surface area contributed by atoms with Crippen molar-refractivity contribution in [3.05, 3.63) is 64.7 Å². The zero-order valence-electron chi connectivity index (χ0n) is 16.3. The molecule has 0 fully saturated rings. The molecule has 1 aliphatic rings. The molecule has 3 rings (SSSR count). The molecule has 1 heterocycles. The highest BCUT2D eigenvalue weighted by molar-refractivity contribution is 7.80. The third-order valence-corrected chi connectivity index (χ3v) is 10.3. The molecule has 0 spiro atoms. The van der Waals surface area contributed by atoms with Crippen LogP contribution in [0.15, 0.2) is 48.5 Å². The van der Waals surface area contributed by atoms with E-state index in [0.717, 1.165) is 16.8 Å². The third kappa shape index (κ3) is 5.93. The van der Waals surface area contributed by atoms with E-state index in [2.05, 4.69) is 5.32 Å². The first-order valence-corrected chi connectivity index (χ1v) is 14.3. The topological polar surface area (TPSA) is 89.3 Å². The maximum Gasteiger partial charge on any atom is 0.256 e. The maximum absolute atomic E-state index is 11.9. The van der Waals surface area contributed by atoms with E-state index >= 15 is 0 Å². The van der Waals surface area contributed by atoms with Gasteiger partial charge in [-0.2, -0.15) is 0 Å². The van der Waals surface area contributed by atoms with Crippen LogP contribution in [0.1, 0.15) is 11.1 Å². The van der Waals surface area contributed by atoms with Gasteiger partial charge in [-0.05, 0) is 56.5 Å². The zero-order valence-corrected chi connectivity index (χ0v) is 18.9. The average molecular weight is 439 g/mol. The normalized spacial score (nSPS) is 15.1. The van der Waals surface area contributed by atoms with E-state index in [1.807, 2.05) is 54.6 Å². The molecule has 150 valence electrons. The van der Waals surface area contributed by atoms with Gasteiger partial charge in [0.25, 0.3) is 5.91 Å². The Balaban J connectivity index is 0.000000242. The van der Waals surface area contributed by atoms with Crippen molar-refractivity contribution in [3.8, 4) is 0 Å². The van der Waals surface area contributed by atoms with Crippen molar-refractivity contribution in [2.24, 2.45) is 5.73 Å². The third-order valence-electron chi connectivity index (χ3n) is 4.17. The highest BCUT2D eigenvalue weighted by Crippen LogP contribution is 2.57. The number of hydrogen-bond donors (Lipinski definition) is 2. The maximum atomic E-state index is 11.9. The molecule has 2 aromatic rings. The number of fused-ring (bicyclic) bond motifs is 1. The first-order valence-electron chi connectivity index (χ1n) is 8.62. The zero-order chi connectivity index (χ0) is 21.1. The van der Waals surface area contributed by atoms with Gasteiger partial charge >= 0.3 is 0 Å². The Bertz CT molecular complexity index is 969. The van der Waals surface area contributed by atoms with Crippen LogP contribution in [0, 0.1) is 0 Å². The van der Waals surface area contributed by atoms with Gasteiger partial charge in [-0.1, -0.05) is 41.9 Å². The number of nitrogens with two attached hydrogens (primary N) is 1. The second-order valence-electron chi connectivity index (χ2n) is 7.39. The fraction of sp³-hybridized carbons (Fsp3) is 0.250. The van der Waals surface area contributed by atoms with Gasteiger partial charge < -0.3 is 20.2 Å². The smallest absolute Gasteiger partial charge is 0.256 e. The highest BCUT2D eigenvalue weighted by Gasteiger charge is 2.29. The van der Waals surface area contributed by atoms with Crippen LogP contribution in [0.4, 0.5) is 5.69 Å². The van der Waals surface area contributed by atoms with E-state index in [1.54, 1.807) is 26.7 Å². The quantitative estimate of drug-likeness (QED) is 0.502. The fourth-order valence-corrected chi connectivity index (χ4v) is 8.16. The Morgan fingerprint density at radius 3 is 2.00 bits per heavy atom. The molecule has 0 saturated carbocycles. The minimum Gasteiger partial charge on any atom is -0.322 e. The Labute approximate surface area is 171 Å².